The minimum absolute atomic E-state index is 0.0415. The van der Waals surface area contributed by atoms with E-state index in [0.717, 1.165) is 10.8 Å². The van der Waals surface area contributed by atoms with Crippen LogP contribution >= 0.6 is 11.6 Å². The third kappa shape index (κ3) is 2.83. The molecule has 3 aromatic rings. The molecule has 0 radical (unpaired) electrons. The van der Waals surface area contributed by atoms with Crippen molar-refractivity contribution in [3.05, 3.63) is 71.2 Å². The molecule has 3 aromatic carbocycles. The second kappa shape index (κ2) is 5.46. The van der Waals surface area contributed by atoms with Gasteiger partial charge in [-0.2, -0.15) is 0 Å². The lowest BCUT2D eigenvalue weighted by Crippen LogP contribution is -2.12. The van der Waals surface area contributed by atoms with E-state index in [2.05, 4.69) is 5.32 Å². The van der Waals surface area contributed by atoms with Crippen LogP contribution in [-0.4, -0.2) is 11.0 Å². The van der Waals surface area contributed by atoms with Crippen molar-refractivity contribution in [3.63, 3.8) is 0 Å². The molecule has 0 aliphatic heterocycles. The second-order valence-electron chi connectivity index (χ2n) is 4.68. The van der Waals surface area contributed by atoms with Crippen LogP contribution in [0.5, 0.6) is 5.75 Å². The summed E-state index contributed by atoms with van der Waals surface area (Å²) in [5.74, 6) is -0.402. The molecular formula is C17H12ClNO2. The molecule has 0 fully saturated rings. The number of nitrogens with one attached hydrogen (secondary N) is 1. The first kappa shape index (κ1) is 13.5. The number of carbonyl (C=O) groups excluding carboxylic acids is 1. The number of phenolic OH excluding ortho intramolecular Hbond substituents is 1. The van der Waals surface area contributed by atoms with Gasteiger partial charge in [-0.25, -0.2) is 0 Å². The molecule has 0 aliphatic carbocycles. The Bertz CT molecular complexity index is 813. The van der Waals surface area contributed by atoms with E-state index in [4.69, 9.17) is 11.6 Å². The van der Waals surface area contributed by atoms with Crippen molar-refractivity contribution in [2.75, 3.05) is 5.32 Å². The molecule has 0 heterocycles. The van der Waals surface area contributed by atoms with Crippen LogP contribution in [-0.2, 0) is 0 Å². The molecule has 1 amide bonds. The summed E-state index contributed by atoms with van der Waals surface area (Å²) in [4.78, 5) is 12.3. The van der Waals surface area contributed by atoms with Crippen LogP contribution in [0.1, 0.15) is 10.4 Å². The number of amides is 1. The van der Waals surface area contributed by atoms with Crippen molar-refractivity contribution in [1.29, 1.82) is 0 Å². The third-order valence-corrected chi connectivity index (χ3v) is 3.46. The maximum Gasteiger partial charge on any atom is 0.259 e. The summed E-state index contributed by atoms with van der Waals surface area (Å²) >= 11 is 5.80. The number of anilines is 1. The molecular weight excluding hydrogens is 286 g/mol. The van der Waals surface area contributed by atoms with E-state index in [9.17, 15) is 9.90 Å². The Balaban J connectivity index is 1.93. The van der Waals surface area contributed by atoms with Crippen LogP contribution in [0.25, 0.3) is 10.8 Å². The highest BCUT2D eigenvalue weighted by atomic mass is 35.5. The van der Waals surface area contributed by atoms with Crippen molar-refractivity contribution in [2.24, 2.45) is 0 Å². The van der Waals surface area contributed by atoms with Gasteiger partial charge in [0.1, 0.15) is 5.75 Å². The van der Waals surface area contributed by atoms with Gasteiger partial charge in [0.25, 0.3) is 5.91 Å². The number of fused-ring (bicyclic) bond motifs is 1. The Morgan fingerprint density at radius 1 is 0.952 bits per heavy atom. The molecule has 4 heteroatoms. The number of hydrogen-bond donors (Lipinski definition) is 2. The first-order valence-corrected chi connectivity index (χ1v) is 6.80. The Morgan fingerprint density at radius 2 is 1.57 bits per heavy atom. The van der Waals surface area contributed by atoms with E-state index in [1.807, 2.05) is 24.3 Å². The highest BCUT2D eigenvalue weighted by molar-refractivity contribution is 6.30. The molecule has 0 atom stereocenters. The van der Waals surface area contributed by atoms with Gasteiger partial charge in [0.2, 0.25) is 0 Å². The molecule has 104 valence electrons. The lowest BCUT2D eigenvalue weighted by molar-refractivity contribution is 0.102. The zero-order valence-corrected chi connectivity index (χ0v) is 11.8. The lowest BCUT2D eigenvalue weighted by Gasteiger charge is -2.08. The molecule has 0 saturated heterocycles. The number of aromatic hydroxyl groups is 1. The minimum Gasteiger partial charge on any atom is -0.507 e. The summed E-state index contributed by atoms with van der Waals surface area (Å²) in [6.07, 6.45) is 0. The SMILES string of the molecule is O=C(Nc1ccc(Cl)cc1)c1cc2ccccc2cc1O. The quantitative estimate of drug-likeness (QED) is 0.734. The van der Waals surface area contributed by atoms with Crippen molar-refractivity contribution >= 4 is 34.0 Å². The Morgan fingerprint density at radius 3 is 2.24 bits per heavy atom. The van der Waals surface area contributed by atoms with Gasteiger partial charge in [-0.3, -0.25) is 4.79 Å². The molecule has 0 saturated carbocycles. The molecule has 21 heavy (non-hydrogen) atoms. The van der Waals surface area contributed by atoms with Gasteiger partial charge in [0, 0.05) is 10.7 Å². The fourth-order valence-corrected chi connectivity index (χ4v) is 2.27. The summed E-state index contributed by atoms with van der Waals surface area (Å²) in [5.41, 5.74) is 0.862. The number of rotatable bonds is 2. The van der Waals surface area contributed by atoms with Crippen molar-refractivity contribution in [2.45, 2.75) is 0 Å². The topological polar surface area (TPSA) is 49.3 Å². The van der Waals surface area contributed by atoms with Crippen LogP contribution in [0.2, 0.25) is 5.02 Å². The Hall–Kier alpha value is -2.52. The van der Waals surface area contributed by atoms with E-state index in [-0.39, 0.29) is 17.2 Å². The summed E-state index contributed by atoms with van der Waals surface area (Å²) in [6, 6.07) is 17.6. The zero-order valence-electron chi connectivity index (χ0n) is 11.0. The molecule has 0 spiro atoms. The Kier molecular flexibility index (Phi) is 3.50. The summed E-state index contributed by atoms with van der Waals surface area (Å²) < 4.78 is 0. The summed E-state index contributed by atoms with van der Waals surface area (Å²) in [5, 5.41) is 15.1. The van der Waals surface area contributed by atoms with Gasteiger partial charge in [0.15, 0.2) is 0 Å². The average molecular weight is 298 g/mol. The van der Waals surface area contributed by atoms with Gasteiger partial charge >= 0.3 is 0 Å². The minimum atomic E-state index is -0.361. The average Bonchev–Trinajstić information content (AvgIpc) is 2.49. The van der Waals surface area contributed by atoms with Gasteiger partial charge in [0.05, 0.1) is 5.56 Å². The third-order valence-electron chi connectivity index (χ3n) is 3.21. The molecule has 0 aliphatic rings. The first-order valence-electron chi connectivity index (χ1n) is 6.42. The molecule has 0 aromatic heterocycles. The molecule has 0 bridgehead atoms. The standard InChI is InChI=1S/C17H12ClNO2/c18-13-5-7-14(8-6-13)19-17(21)15-9-11-3-1-2-4-12(11)10-16(15)20/h1-10,20H,(H,19,21). The molecule has 3 nitrogen and oxygen atoms in total. The summed E-state index contributed by atoms with van der Waals surface area (Å²) in [6.45, 7) is 0. The highest BCUT2D eigenvalue weighted by Gasteiger charge is 2.12. The number of hydrogen-bond acceptors (Lipinski definition) is 2. The highest BCUT2D eigenvalue weighted by Crippen LogP contribution is 2.26. The van der Waals surface area contributed by atoms with E-state index < -0.39 is 0 Å². The smallest absolute Gasteiger partial charge is 0.259 e. The number of carbonyl (C=O) groups is 1. The fraction of sp³-hybridized carbons (Fsp3) is 0. The zero-order chi connectivity index (χ0) is 14.8. The fourth-order valence-electron chi connectivity index (χ4n) is 2.14. The normalized spacial score (nSPS) is 10.5. The molecule has 0 unspecified atom stereocenters. The van der Waals surface area contributed by atoms with Gasteiger partial charge < -0.3 is 10.4 Å². The van der Waals surface area contributed by atoms with Crippen LogP contribution in [0.4, 0.5) is 5.69 Å². The summed E-state index contributed by atoms with van der Waals surface area (Å²) in [7, 11) is 0. The predicted octanol–water partition coefficient (Wildman–Crippen LogP) is 4.45. The number of phenols is 1. The van der Waals surface area contributed by atoms with Crippen LogP contribution in [0, 0.1) is 0 Å². The maximum atomic E-state index is 12.3. The molecule has 3 rings (SSSR count). The lowest BCUT2D eigenvalue weighted by atomic mass is 10.1. The van der Waals surface area contributed by atoms with Gasteiger partial charge in [-0.05, 0) is 47.2 Å². The van der Waals surface area contributed by atoms with Crippen LogP contribution in [0.15, 0.2) is 60.7 Å². The van der Waals surface area contributed by atoms with E-state index in [1.165, 1.54) is 0 Å². The van der Waals surface area contributed by atoms with E-state index >= 15 is 0 Å². The number of halogens is 1. The van der Waals surface area contributed by atoms with Crippen LogP contribution < -0.4 is 5.32 Å². The van der Waals surface area contributed by atoms with Crippen LogP contribution in [0.3, 0.4) is 0 Å². The number of benzene rings is 3. The predicted molar refractivity (Wildman–Crippen MR) is 85.0 cm³/mol. The van der Waals surface area contributed by atoms with Crippen molar-refractivity contribution in [3.8, 4) is 5.75 Å². The maximum absolute atomic E-state index is 12.3. The Labute approximate surface area is 126 Å². The second-order valence-corrected chi connectivity index (χ2v) is 5.11. The van der Waals surface area contributed by atoms with Gasteiger partial charge in [-0.1, -0.05) is 35.9 Å². The van der Waals surface area contributed by atoms with Crippen molar-refractivity contribution < 1.29 is 9.90 Å². The largest absolute Gasteiger partial charge is 0.507 e. The first-order chi connectivity index (χ1) is 10.1. The molecule has 2 N–H and O–H groups in total. The van der Waals surface area contributed by atoms with E-state index in [1.54, 1.807) is 36.4 Å². The monoisotopic (exact) mass is 297 g/mol. The van der Waals surface area contributed by atoms with Crippen molar-refractivity contribution in [1.82, 2.24) is 0 Å². The van der Waals surface area contributed by atoms with E-state index in [0.29, 0.717) is 10.7 Å². The van der Waals surface area contributed by atoms with Gasteiger partial charge in [-0.15, -0.1) is 0 Å².